The van der Waals surface area contributed by atoms with Crippen molar-refractivity contribution in [2.45, 2.75) is 50.8 Å². The molecule has 1 aliphatic rings. The minimum absolute atomic E-state index is 0.0343. The Kier molecular flexibility index (Phi) is 5.32. The summed E-state index contributed by atoms with van der Waals surface area (Å²) in [5.74, 6) is -0.121. The van der Waals surface area contributed by atoms with Gasteiger partial charge in [0.2, 0.25) is 0 Å². The summed E-state index contributed by atoms with van der Waals surface area (Å²) in [6.07, 6.45) is 4.38. The van der Waals surface area contributed by atoms with Crippen LogP contribution in [0.25, 0.3) is 0 Å². The van der Waals surface area contributed by atoms with Gasteiger partial charge in [-0.05, 0) is 49.6 Å². The van der Waals surface area contributed by atoms with Gasteiger partial charge in [0, 0.05) is 23.6 Å². The van der Waals surface area contributed by atoms with Crippen LogP contribution in [0.5, 0.6) is 0 Å². The summed E-state index contributed by atoms with van der Waals surface area (Å²) in [5.41, 5.74) is 8.42. The predicted molar refractivity (Wildman–Crippen MR) is 112 cm³/mol. The van der Waals surface area contributed by atoms with Crippen molar-refractivity contribution in [2.75, 3.05) is 0 Å². The van der Waals surface area contributed by atoms with Crippen molar-refractivity contribution in [1.82, 2.24) is 9.97 Å². The average Bonchev–Trinajstić information content (AvgIpc) is 2.52. The number of halogens is 1. The summed E-state index contributed by atoms with van der Waals surface area (Å²) < 4.78 is -0.0343. The lowest BCUT2D eigenvalue weighted by Crippen LogP contribution is -2.38. The summed E-state index contributed by atoms with van der Waals surface area (Å²) >= 11 is 7.76. The quantitative estimate of drug-likeness (QED) is 0.770. The monoisotopic (exact) mass is 402 g/mol. The lowest BCUT2D eigenvalue weighted by Gasteiger charge is -2.38. The molecule has 0 fully saturated rings. The van der Waals surface area contributed by atoms with Gasteiger partial charge in [-0.3, -0.25) is 14.8 Å². The van der Waals surface area contributed by atoms with Gasteiger partial charge in [-0.25, -0.2) is 4.99 Å². The van der Waals surface area contributed by atoms with Crippen molar-refractivity contribution in [3.05, 3.63) is 58.1 Å². The maximum absolute atomic E-state index is 12.7. The van der Waals surface area contributed by atoms with Crippen molar-refractivity contribution >= 4 is 34.3 Å². The fourth-order valence-electron chi connectivity index (χ4n) is 3.49. The number of aromatic nitrogens is 2. The first-order valence-electron chi connectivity index (χ1n) is 8.73. The number of carbonyl (C=O) groups excluding carboxylic acids is 1. The Hall–Kier alpha value is -1.92. The molecule has 2 aromatic rings. The van der Waals surface area contributed by atoms with Crippen LogP contribution < -0.4 is 5.73 Å². The molecular formula is C20H23ClN4OS. The number of thioether (sulfide) groups is 1. The molecule has 3 heterocycles. The number of hydrogen-bond donors (Lipinski definition) is 1. The lowest BCUT2D eigenvalue weighted by molar-refractivity contribution is 0.0988. The van der Waals surface area contributed by atoms with Crippen molar-refractivity contribution in [3.8, 4) is 0 Å². The maximum atomic E-state index is 12.7. The molecule has 7 heteroatoms. The highest BCUT2D eigenvalue weighted by Gasteiger charge is 2.40. The Morgan fingerprint density at radius 1 is 1.30 bits per heavy atom. The molecule has 0 unspecified atom stereocenters. The van der Waals surface area contributed by atoms with Gasteiger partial charge in [-0.2, -0.15) is 0 Å². The summed E-state index contributed by atoms with van der Waals surface area (Å²) in [6, 6.07) is 5.52. The number of rotatable bonds is 4. The van der Waals surface area contributed by atoms with Gasteiger partial charge in [0.25, 0.3) is 0 Å². The second-order valence-corrected chi connectivity index (χ2v) is 9.89. The third-order valence-electron chi connectivity index (χ3n) is 4.49. The molecule has 1 aliphatic heterocycles. The fraction of sp³-hybridized carbons (Fsp3) is 0.400. The van der Waals surface area contributed by atoms with Crippen LogP contribution in [-0.2, 0) is 12.0 Å². The SMILES string of the molecule is Cc1cnc(C(=O)Cc2ccnc([C@]3(C)CC(C)(C)SC(N)=N3)c2)c(Cl)c1. The van der Waals surface area contributed by atoms with E-state index >= 15 is 0 Å². The van der Waals surface area contributed by atoms with E-state index in [1.54, 1.807) is 30.2 Å². The molecule has 142 valence electrons. The van der Waals surface area contributed by atoms with Crippen LogP contribution in [0, 0.1) is 6.92 Å². The molecule has 0 bridgehead atoms. The zero-order chi connectivity index (χ0) is 19.8. The van der Waals surface area contributed by atoms with Crippen molar-refractivity contribution in [1.29, 1.82) is 0 Å². The van der Waals surface area contributed by atoms with E-state index in [9.17, 15) is 4.79 Å². The van der Waals surface area contributed by atoms with E-state index < -0.39 is 5.54 Å². The van der Waals surface area contributed by atoms with Gasteiger partial charge in [0.05, 0.1) is 10.7 Å². The summed E-state index contributed by atoms with van der Waals surface area (Å²) in [6.45, 7) is 8.22. The van der Waals surface area contributed by atoms with Gasteiger partial charge >= 0.3 is 0 Å². The van der Waals surface area contributed by atoms with Crippen LogP contribution >= 0.6 is 23.4 Å². The first-order chi connectivity index (χ1) is 12.6. The molecule has 1 atom stereocenters. The highest BCUT2D eigenvalue weighted by atomic mass is 35.5. The largest absolute Gasteiger partial charge is 0.378 e. The normalized spacial score (nSPS) is 21.6. The van der Waals surface area contributed by atoms with Gasteiger partial charge in [0.1, 0.15) is 11.2 Å². The standard InChI is InChI=1S/C20H23ClN4OS/c1-12-7-14(21)17(24-10-12)15(26)8-13-5-6-23-16(9-13)20(4)11-19(2,3)27-18(22)25-20/h5-7,9-10H,8,11H2,1-4H3,(H2,22,25)/t20-/m0/s1. The Labute approximate surface area is 168 Å². The average molecular weight is 403 g/mol. The summed E-state index contributed by atoms with van der Waals surface area (Å²) in [7, 11) is 0. The van der Waals surface area contributed by atoms with Crippen molar-refractivity contribution < 1.29 is 4.79 Å². The lowest BCUT2D eigenvalue weighted by atomic mass is 9.86. The molecule has 5 nitrogen and oxygen atoms in total. The van der Waals surface area contributed by atoms with Crippen LogP contribution in [-0.4, -0.2) is 25.7 Å². The number of Topliss-reactive ketones (excluding diaryl/α,β-unsaturated/α-hetero) is 1. The number of aryl methyl sites for hydroxylation is 1. The Morgan fingerprint density at radius 3 is 2.70 bits per heavy atom. The number of carbonyl (C=O) groups is 1. The molecule has 2 aromatic heterocycles. The summed E-state index contributed by atoms with van der Waals surface area (Å²) in [5, 5.41) is 0.942. The number of amidine groups is 1. The third-order valence-corrected chi connectivity index (χ3v) is 5.78. The van der Waals surface area contributed by atoms with Gasteiger partial charge in [0.15, 0.2) is 11.0 Å². The highest BCUT2D eigenvalue weighted by molar-refractivity contribution is 8.15. The Bertz CT molecular complexity index is 928. The Balaban J connectivity index is 1.88. The number of nitrogens with zero attached hydrogens (tertiary/aromatic N) is 3. The Morgan fingerprint density at radius 2 is 2.04 bits per heavy atom. The number of aliphatic imine (C=N–C) groups is 1. The minimum atomic E-state index is -0.516. The van der Waals surface area contributed by atoms with E-state index in [4.69, 9.17) is 17.3 Å². The second kappa shape index (κ2) is 7.24. The molecule has 0 aromatic carbocycles. The molecular weight excluding hydrogens is 380 g/mol. The number of hydrogen-bond acceptors (Lipinski definition) is 6. The van der Waals surface area contributed by atoms with E-state index in [-0.39, 0.29) is 17.0 Å². The molecule has 0 radical (unpaired) electrons. The number of pyridine rings is 2. The van der Waals surface area contributed by atoms with E-state index in [2.05, 4.69) is 28.8 Å². The van der Waals surface area contributed by atoms with Crippen molar-refractivity contribution in [2.24, 2.45) is 10.7 Å². The van der Waals surface area contributed by atoms with Crippen LogP contribution in [0.1, 0.15) is 54.5 Å². The minimum Gasteiger partial charge on any atom is -0.378 e. The van der Waals surface area contributed by atoms with Crippen molar-refractivity contribution in [3.63, 3.8) is 0 Å². The second-order valence-electron chi connectivity index (χ2n) is 7.75. The predicted octanol–water partition coefficient (Wildman–Crippen LogP) is 4.31. The van der Waals surface area contributed by atoms with E-state index in [0.717, 1.165) is 23.2 Å². The molecule has 0 amide bonds. The maximum Gasteiger partial charge on any atom is 0.187 e. The molecule has 27 heavy (non-hydrogen) atoms. The highest BCUT2D eigenvalue weighted by Crippen LogP contribution is 2.44. The van der Waals surface area contributed by atoms with E-state index in [0.29, 0.717) is 15.9 Å². The molecule has 3 rings (SSSR count). The van der Waals surface area contributed by atoms with Crippen LogP contribution in [0.4, 0.5) is 0 Å². The van der Waals surface area contributed by atoms with E-state index in [1.165, 1.54) is 0 Å². The molecule has 0 saturated carbocycles. The third kappa shape index (κ3) is 4.50. The van der Waals surface area contributed by atoms with Crippen LogP contribution in [0.2, 0.25) is 5.02 Å². The zero-order valence-corrected chi connectivity index (χ0v) is 17.5. The van der Waals surface area contributed by atoms with Gasteiger partial charge in [-0.1, -0.05) is 37.2 Å². The van der Waals surface area contributed by atoms with Crippen LogP contribution in [0.3, 0.4) is 0 Å². The first kappa shape index (κ1) is 19.8. The topological polar surface area (TPSA) is 81.2 Å². The molecule has 0 aliphatic carbocycles. The first-order valence-corrected chi connectivity index (χ1v) is 9.92. The van der Waals surface area contributed by atoms with Gasteiger partial charge < -0.3 is 5.73 Å². The number of ketones is 1. The fourth-order valence-corrected chi connectivity index (χ4v) is 4.98. The zero-order valence-electron chi connectivity index (χ0n) is 15.9. The smallest absolute Gasteiger partial charge is 0.187 e. The molecule has 2 N–H and O–H groups in total. The van der Waals surface area contributed by atoms with Crippen LogP contribution in [0.15, 0.2) is 35.6 Å². The molecule has 0 saturated heterocycles. The summed E-state index contributed by atoms with van der Waals surface area (Å²) in [4.78, 5) is 26.0. The van der Waals surface area contributed by atoms with Gasteiger partial charge in [-0.15, -0.1) is 0 Å². The van der Waals surface area contributed by atoms with E-state index in [1.807, 2.05) is 26.0 Å². The number of nitrogens with two attached hydrogens (primary N) is 1. The molecule has 0 spiro atoms.